The summed E-state index contributed by atoms with van der Waals surface area (Å²) in [5.41, 5.74) is 5.35. The Balaban J connectivity index is 2.38. The van der Waals surface area contributed by atoms with Gasteiger partial charge in [-0.3, -0.25) is 0 Å². The lowest BCUT2D eigenvalue weighted by Crippen LogP contribution is -2.58. The monoisotopic (exact) mass is 290 g/mol. The molecule has 0 aromatic rings. The molecule has 2 aliphatic rings. The summed E-state index contributed by atoms with van der Waals surface area (Å²) >= 11 is 0. The zero-order chi connectivity index (χ0) is 14.4. The predicted octanol–water partition coefficient (Wildman–Crippen LogP) is -0.00910. The van der Waals surface area contributed by atoms with Gasteiger partial charge in [0, 0.05) is 0 Å². The van der Waals surface area contributed by atoms with Crippen molar-refractivity contribution >= 4 is 28.3 Å². The number of ether oxygens (including phenoxy) is 1. The first-order valence-electron chi connectivity index (χ1n) is 5.68. The Bertz CT molecular complexity index is 551. The molecule has 1 aliphatic heterocycles. The number of hydrogen-bond acceptors (Lipinski definition) is 6. The molecule has 2 N–H and O–H groups in total. The molecule has 1 fully saturated rings. The minimum absolute atomic E-state index is 0.215. The smallest absolute Gasteiger partial charge is 0.432 e. The summed E-state index contributed by atoms with van der Waals surface area (Å²) in [6.45, 7) is 3.12. The fraction of sp³-hybridized carbons (Fsp3) is 0.667. The van der Waals surface area contributed by atoms with E-state index in [4.69, 9.17) is 10.5 Å². The van der Waals surface area contributed by atoms with Gasteiger partial charge < -0.3 is 10.5 Å². The van der Waals surface area contributed by atoms with Crippen molar-refractivity contribution in [2.75, 3.05) is 0 Å². The van der Waals surface area contributed by atoms with Crippen LogP contribution in [0.3, 0.4) is 0 Å². The number of rotatable bonds is 2. The van der Waals surface area contributed by atoms with E-state index in [1.807, 2.05) is 0 Å². The molecule has 1 heterocycles. The van der Waals surface area contributed by atoms with E-state index in [0.29, 0.717) is 17.1 Å². The van der Waals surface area contributed by atoms with Gasteiger partial charge in [0.15, 0.2) is 0 Å². The van der Waals surface area contributed by atoms with Crippen LogP contribution in [0.15, 0.2) is 4.99 Å². The Morgan fingerprint density at radius 3 is 2.53 bits per heavy atom. The number of urea groups is 1. The Morgan fingerprint density at radius 2 is 2.05 bits per heavy atom. The van der Waals surface area contributed by atoms with E-state index in [-0.39, 0.29) is 4.31 Å². The molecular formula is C9H14N4O5S. The Kier molecular flexibility index (Phi) is 3.12. The van der Waals surface area contributed by atoms with Crippen molar-refractivity contribution in [1.82, 2.24) is 8.61 Å². The van der Waals surface area contributed by atoms with Gasteiger partial charge in [0.05, 0.1) is 12.1 Å². The van der Waals surface area contributed by atoms with Crippen LogP contribution in [-0.4, -0.2) is 47.3 Å². The highest BCUT2D eigenvalue weighted by Crippen LogP contribution is 2.33. The summed E-state index contributed by atoms with van der Waals surface area (Å²) in [4.78, 5) is 26.7. The van der Waals surface area contributed by atoms with Crippen LogP contribution in [0.4, 0.5) is 9.59 Å². The van der Waals surface area contributed by atoms with E-state index in [1.165, 1.54) is 0 Å². The minimum Gasteiger partial charge on any atom is -0.446 e. The molecule has 0 bridgehead atoms. The first kappa shape index (κ1) is 13.6. The first-order valence-corrected chi connectivity index (χ1v) is 7.08. The van der Waals surface area contributed by atoms with Crippen molar-refractivity contribution in [2.24, 2.45) is 10.7 Å². The molecule has 0 aromatic heterocycles. The van der Waals surface area contributed by atoms with Crippen molar-refractivity contribution < 1.29 is 22.7 Å². The quantitative estimate of drug-likeness (QED) is 0.763. The lowest BCUT2D eigenvalue weighted by Gasteiger charge is -2.31. The second kappa shape index (κ2) is 4.37. The number of amides is 3. The van der Waals surface area contributed by atoms with Crippen LogP contribution in [0.5, 0.6) is 0 Å². The van der Waals surface area contributed by atoms with Gasteiger partial charge in [0.25, 0.3) is 0 Å². The normalized spacial score (nSPS) is 22.5. The average Bonchev–Trinajstić information content (AvgIpc) is 2.97. The van der Waals surface area contributed by atoms with Crippen molar-refractivity contribution in [3.05, 3.63) is 0 Å². The lowest BCUT2D eigenvalue weighted by atomic mass is 10.5. The third kappa shape index (κ3) is 2.35. The molecule has 0 saturated heterocycles. The highest BCUT2D eigenvalue weighted by atomic mass is 32.2. The summed E-state index contributed by atoms with van der Waals surface area (Å²) < 4.78 is 30.0. The van der Waals surface area contributed by atoms with Crippen LogP contribution < -0.4 is 5.73 Å². The van der Waals surface area contributed by atoms with Crippen LogP contribution >= 0.6 is 0 Å². The third-order valence-electron chi connectivity index (χ3n) is 2.47. The molecule has 1 aliphatic carbocycles. The Morgan fingerprint density at radius 1 is 1.47 bits per heavy atom. The second-order valence-corrected chi connectivity index (χ2v) is 6.14. The number of nitrogens with zero attached hydrogens (tertiary/aromatic N) is 3. The molecule has 0 unspecified atom stereocenters. The van der Waals surface area contributed by atoms with Crippen molar-refractivity contribution in [1.29, 1.82) is 0 Å². The van der Waals surface area contributed by atoms with Crippen LogP contribution in [0.2, 0.25) is 0 Å². The van der Waals surface area contributed by atoms with E-state index >= 15 is 0 Å². The van der Waals surface area contributed by atoms with Crippen LogP contribution in [0.1, 0.15) is 26.7 Å². The molecule has 19 heavy (non-hydrogen) atoms. The Labute approximate surface area is 110 Å². The molecule has 0 atom stereocenters. The molecular weight excluding hydrogens is 276 g/mol. The largest absolute Gasteiger partial charge is 0.446 e. The van der Waals surface area contributed by atoms with Gasteiger partial charge >= 0.3 is 22.3 Å². The van der Waals surface area contributed by atoms with Gasteiger partial charge in [-0.15, -0.1) is 4.31 Å². The van der Waals surface area contributed by atoms with Crippen LogP contribution in [0.25, 0.3) is 0 Å². The van der Waals surface area contributed by atoms with E-state index in [0.717, 1.165) is 0 Å². The molecule has 9 nitrogen and oxygen atoms in total. The van der Waals surface area contributed by atoms with Gasteiger partial charge in [0.1, 0.15) is 0 Å². The molecule has 10 heteroatoms. The Hall–Kier alpha value is -1.84. The maximum atomic E-state index is 12.2. The fourth-order valence-corrected chi connectivity index (χ4v) is 3.10. The van der Waals surface area contributed by atoms with E-state index in [1.54, 1.807) is 13.8 Å². The summed E-state index contributed by atoms with van der Waals surface area (Å²) in [5.74, 6) is -0.701. The molecule has 2 rings (SSSR count). The van der Waals surface area contributed by atoms with Gasteiger partial charge in [0.2, 0.25) is 5.96 Å². The lowest BCUT2D eigenvalue weighted by molar-refractivity contribution is 0.106. The second-order valence-electron chi connectivity index (χ2n) is 4.48. The number of carbonyl (C=O) groups excluding carboxylic acids is 2. The maximum absolute atomic E-state index is 12.2. The van der Waals surface area contributed by atoms with Gasteiger partial charge in [-0.2, -0.15) is 17.7 Å². The van der Waals surface area contributed by atoms with Gasteiger partial charge in [-0.1, -0.05) is 0 Å². The van der Waals surface area contributed by atoms with Crippen molar-refractivity contribution in [2.45, 2.75) is 38.8 Å². The number of carbonyl (C=O) groups is 2. The SMILES string of the molecule is CC(C)OC(=O)N1C(N)=NC(=O)N(C2CC2)S1(=O)=O. The highest BCUT2D eigenvalue weighted by Gasteiger charge is 2.50. The van der Waals surface area contributed by atoms with Crippen molar-refractivity contribution in [3.8, 4) is 0 Å². The number of hydrogen-bond donors (Lipinski definition) is 1. The zero-order valence-corrected chi connectivity index (χ0v) is 11.3. The number of guanidine groups is 1. The highest BCUT2D eigenvalue weighted by molar-refractivity contribution is 7.88. The fourth-order valence-electron chi connectivity index (χ4n) is 1.59. The molecule has 1 saturated carbocycles. The molecule has 106 valence electrons. The summed E-state index contributed by atoms with van der Waals surface area (Å²) in [5, 5.41) is 0. The van der Waals surface area contributed by atoms with E-state index < -0.39 is 40.4 Å². The average molecular weight is 290 g/mol. The number of nitrogens with two attached hydrogens (primary N) is 1. The van der Waals surface area contributed by atoms with E-state index in [9.17, 15) is 18.0 Å². The minimum atomic E-state index is -4.36. The molecule has 0 aromatic carbocycles. The first-order chi connectivity index (χ1) is 8.75. The summed E-state index contributed by atoms with van der Waals surface area (Å²) in [7, 11) is -4.36. The summed E-state index contributed by atoms with van der Waals surface area (Å²) in [6, 6.07) is -1.43. The third-order valence-corrected chi connectivity index (χ3v) is 4.22. The van der Waals surface area contributed by atoms with Crippen LogP contribution in [0, 0.1) is 0 Å². The zero-order valence-electron chi connectivity index (χ0n) is 10.4. The van der Waals surface area contributed by atoms with Gasteiger partial charge in [-0.05, 0) is 26.7 Å². The molecule has 0 radical (unpaired) electrons. The van der Waals surface area contributed by atoms with Crippen molar-refractivity contribution in [3.63, 3.8) is 0 Å². The predicted molar refractivity (Wildman–Crippen MR) is 64.3 cm³/mol. The molecule has 0 spiro atoms. The molecule has 3 amide bonds. The number of aliphatic imine (C=N–C) groups is 1. The maximum Gasteiger partial charge on any atom is 0.432 e. The van der Waals surface area contributed by atoms with E-state index in [2.05, 4.69) is 4.99 Å². The van der Waals surface area contributed by atoms with Crippen LogP contribution in [-0.2, 0) is 14.9 Å². The van der Waals surface area contributed by atoms with Gasteiger partial charge in [-0.25, -0.2) is 9.59 Å². The summed E-state index contributed by atoms with van der Waals surface area (Å²) in [6.07, 6.45) is -0.599. The standard InChI is InChI=1S/C9H14N4O5S/c1-5(2)18-9(15)13-7(10)11-8(14)12(6-3-4-6)19(13,16)17/h5-6H,3-4H2,1-2H3,(H2,10,11,14). The topological polar surface area (TPSA) is 122 Å².